The predicted octanol–water partition coefficient (Wildman–Crippen LogP) is 1.93. The molecule has 19 heavy (non-hydrogen) atoms. The zero-order valence-electron chi connectivity index (χ0n) is 10.9. The van der Waals surface area contributed by atoms with E-state index in [4.69, 9.17) is 0 Å². The quantitative estimate of drug-likeness (QED) is 0.787. The predicted molar refractivity (Wildman–Crippen MR) is 75.8 cm³/mol. The lowest BCUT2D eigenvalue weighted by Crippen LogP contribution is -2.46. The molecule has 0 bridgehead atoms. The van der Waals surface area contributed by atoms with Gasteiger partial charge in [0.05, 0.1) is 6.04 Å². The van der Waals surface area contributed by atoms with Gasteiger partial charge in [0.25, 0.3) is 0 Å². The van der Waals surface area contributed by atoms with Gasteiger partial charge < -0.3 is 15.6 Å². The Balaban J connectivity index is 1.64. The van der Waals surface area contributed by atoms with E-state index < -0.39 is 0 Å². The molecular weight excluding hydrogens is 238 g/mol. The van der Waals surface area contributed by atoms with E-state index in [1.807, 2.05) is 24.4 Å². The minimum atomic E-state index is -0.0149. The van der Waals surface area contributed by atoms with Crippen molar-refractivity contribution in [2.45, 2.75) is 31.8 Å². The van der Waals surface area contributed by atoms with Gasteiger partial charge >= 0.3 is 0 Å². The molecule has 0 spiro atoms. The minimum absolute atomic E-state index is 0.0149. The van der Waals surface area contributed by atoms with E-state index >= 15 is 0 Å². The van der Waals surface area contributed by atoms with Crippen LogP contribution in [-0.2, 0) is 11.3 Å². The van der Waals surface area contributed by atoms with Crippen molar-refractivity contribution in [3.63, 3.8) is 0 Å². The van der Waals surface area contributed by atoms with Crippen LogP contribution in [0.1, 0.15) is 24.8 Å². The monoisotopic (exact) mass is 257 g/mol. The van der Waals surface area contributed by atoms with E-state index in [-0.39, 0.29) is 11.9 Å². The topological polar surface area (TPSA) is 56.9 Å². The molecule has 0 radical (unpaired) electrons. The van der Waals surface area contributed by atoms with Gasteiger partial charge in [-0.25, -0.2) is 0 Å². The number of aromatic amines is 1. The zero-order valence-corrected chi connectivity index (χ0v) is 10.9. The van der Waals surface area contributed by atoms with Gasteiger partial charge in [-0.05, 0) is 31.0 Å². The summed E-state index contributed by atoms with van der Waals surface area (Å²) in [5, 5.41) is 7.47. The second-order valence-electron chi connectivity index (χ2n) is 5.08. The van der Waals surface area contributed by atoms with E-state index in [1.165, 1.54) is 11.8 Å². The number of hydrogen-bond donors (Lipinski definition) is 3. The van der Waals surface area contributed by atoms with Gasteiger partial charge in [0.1, 0.15) is 0 Å². The van der Waals surface area contributed by atoms with Crippen LogP contribution in [0.25, 0.3) is 10.9 Å². The van der Waals surface area contributed by atoms with Gasteiger partial charge in [-0.15, -0.1) is 0 Å². The number of aromatic nitrogens is 1. The summed E-state index contributed by atoms with van der Waals surface area (Å²) in [6.07, 6.45) is 5.23. The van der Waals surface area contributed by atoms with Crippen molar-refractivity contribution in [2.75, 3.05) is 6.54 Å². The molecule has 1 aromatic carbocycles. The van der Waals surface area contributed by atoms with Gasteiger partial charge in [-0.3, -0.25) is 4.79 Å². The second-order valence-corrected chi connectivity index (χ2v) is 5.08. The van der Waals surface area contributed by atoms with Gasteiger partial charge in [0, 0.05) is 23.6 Å². The highest BCUT2D eigenvalue weighted by Gasteiger charge is 2.20. The van der Waals surface area contributed by atoms with E-state index in [0.29, 0.717) is 6.54 Å². The van der Waals surface area contributed by atoms with Gasteiger partial charge in [0.2, 0.25) is 5.91 Å². The van der Waals surface area contributed by atoms with Crippen LogP contribution in [0.2, 0.25) is 0 Å². The maximum absolute atomic E-state index is 12.0. The summed E-state index contributed by atoms with van der Waals surface area (Å²) >= 11 is 0. The first-order valence-electron chi connectivity index (χ1n) is 6.91. The molecule has 4 heteroatoms. The molecule has 1 atom stereocenters. The Morgan fingerprint density at radius 3 is 3.05 bits per heavy atom. The Labute approximate surface area is 112 Å². The summed E-state index contributed by atoms with van der Waals surface area (Å²) in [5.41, 5.74) is 2.25. The number of piperidine rings is 1. The lowest BCUT2D eigenvalue weighted by atomic mass is 10.0. The number of amides is 1. The van der Waals surface area contributed by atoms with Crippen LogP contribution in [0, 0.1) is 0 Å². The van der Waals surface area contributed by atoms with Crippen molar-refractivity contribution >= 4 is 16.8 Å². The molecule has 0 saturated carbocycles. The first-order chi connectivity index (χ1) is 9.34. The number of fused-ring (bicyclic) bond motifs is 1. The Kier molecular flexibility index (Phi) is 3.51. The average Bonchev–Trinajstić information content (AvgIpc) is 2.89. The highest BCUT2D eigenvalue weighted by atomic mass is 16.2. The van der Waals surface area contributed by atoms with Crippen LogP contribution in [-0.4, -0.2) is 23.5 Å². The lowest BCUT2D eigenvalue weighted by Gasteiger charge is -2.22. The molecular formula is C15H19N3O. The van der Waals surface area contributed by atoms with Crippen LogP contribution < -0.4 is 10.6 Å². The number of carbonyl (C=O) groups is 1. The normalized spacial score (nSPS) is 19.5. The third-order valence-electron chi connectivity index (χ3n) is 3.75. The maximum atomic E-state index is 12.0. The van der Waals surface area contributed by atoms with Crippen LogP contribution in [0.15, 0.2) is 30.5 Å². The third kappa shape index (κ3) is 2.63. The van der Waals surface area contributed by atoms with Crippen LogP contribution in [0.3, 0.4) is 0 Å². The van der Waals surface area contributed by atoms with Gasteiger partial charge in [-0.2, -0.15) is 0 Å². The minimum Gasteiger partial charge on any atom is -0.361 e. The summed E-state index contributed by atoms with van der Waals surface area (Å²) in [6.45, 7) is 1.53. The number of hydrogen-bond acceptors (Lipinski definition) is 2. The number of para-hydroxylation sites is 1. The van der Waals surface area contributed by atoms with Crippen molar-refractivity contribution in [3.05, 3.63) is 36.0 Å². The van der Waals surface area contributed by atoms with Crippen LogP contribution in [0.4, 0.5) is 0 Å². The van der Waals surface area contributed by atoms with E-state index in [2.05, 4.69) is 21.7 Å². The van der Waals surface area contributed by atoms with Crippen molar-refractivity contribution in [3.8, 4) is 0 Å². The fourth-order valence-electron chi connectivity index (χ4n) is 2.66. The zero-order chi connectivity index (χ0) is 13.1. The highest BCUT2D eigenvalue weighted by Crippen LogP contribution is 2.17. The summed E-state index contributed by atoms with van der Waals surface area (Å²) < 4.78 is 0. The SMILES string of the molecule is O=C(NCc1c[nH]c2ccccc12)C1CCCCN1. The van der Waals surface area contributed by atoms with Crippen molar-refractivity contribution < 1.29 is 4.79 Å². The first kappa shape index (κ1) is 12.2. The molecule has 1 aliphatic heterocycles. The lowest BCUT2D eigenvalue weighted by molar-refractivity contribution is -0.123. The summed E-state index contributed by atoms with van der Waals surface area (Å²) in [7, 11) is 0. The van der Waals surface area contributed by atoms with Crippen molar-refractivity contribution in [2.24, 2.45) is 0 Å². The number of benzene rings is 1. The number of nitrogens with one attached hydrogen (secondary N) is 3. The molecule has 1 fully saturated rings. The molecule has 2 aromatic rings. The summed E-state index contributed by atoms with van der Waals surface area (Å²) in [4.78, 5) is 15.3. The highest BCUT2D eigenvalue weighted by molar-refractivity contribution is 5.85. The van der Waals surface area contributed by atoms with E-state index in [0.717, 1.165) is 30.5 Å². The molecule has 1 aliphatic rings. The van der Waals surface area contributed by atoms with Gasteiger partial charge in [-0.1, -0.05) is 24.6 Å². The summed E-state index contributed by atoms with van der Waals surface area (Å²) in [5.74, 6) is 0.116. The fourth-order valence-corrected chi connectivity index (χ4v) is 2.66. The smallest absolute Gasteiger partial charge is 0.237 e. The number of carbonyl (C=O) groups excluding carboxylic acids is 1. The Bertz CT molecular complexity index is 570. The number of rotatable bonds is 3. The van der Waals surface area contributed by atoms with Crippen LogP contribution >= 0.6 is 0 Å². The number of H-pyrrole nitrogens is 1. The molecule has 100 valence electrons. The Hall–Kier alpha value is -1.81. The van der Waals surface area contributed by atoms with E-state index in [1.54, 1.807) is 0 Å². The van der Waals surface area contributed by atoms with E-state index in [9.17, 15) is 4.79 Å². The molecule has 2 heterocycles. The fraction of sp³-hybridized carbons (Fsp3) is 0.400. The van der Waals surface area contributed by atoms with Crippen molar-refractivity contribution in [1.82, 2.24) is 15.6 Å². The molecule has 1 saturated heterocycles. The molecule has 1 unspecified atom stereocenters. The molecule has 1 amide bonds. The molecule has 1 aromatic heterocycles. The molecule has 3 rings (SSSR count). The van der Waals surface area contributed by atoms with Crippen molar-refractivity contribution in [1.29, 1.82) is 0 Å². The first-order valence-corrected chi connectivity index (χ1v) is 6.91. The Morgan fingerprint density at radius 2 is 2.21 bits per heavy atom. The second kappa shape index (κ2) is 5.45. The largest absolute Gasteiger partial charge is 0.361 e. The van der Waals surface area contributed by atoms with Gasteiger partial charge in [0.15, 0.2) is 0 Å². The maximum Gasteiger partial charge on any atom is 0.237 e. The average molecular weight is 257 g/mol. The molecule has 3 N–H and O–H groups in total. The molecule has 0 aliphatic carbocycles. The standard InChI is InChI=1S/C15H19N3O/c19-15(14-7-3-4-8-16-14)18-10-11-9-17-13-6-2-1-5-12(11)13/h1-2,5-6,9,14,16-17H,3-4,7-8,10H2,(H,18,19). The Morgan fingerprint density at radius 1 is 1.32 bits per heavy atom. The molecule has 4 nitrogen and oxygen atoms in total. The van der Waals surface area contributed by atoms with Crippen LogP contribution in [0.5, 0.6) is 0 Å². The summed E-state index contributed by atoms with van der Waals surface area (Å²) in [6, 6.07) is 8.13. The third-order valence-corrected chi connectivity index (χ3v) is 3.75.